The van der Waals surface area contributed by atoms with E-state index < -0.39 is 18.2 Å². The van der Waals surface area contributed by atoms with Gasteiger partial charge >= 0.3 is 6.09 Å². The van der Waals surface area contributed by atoms with E-state index in [1.807, 2.05) is 43.7 Å². The number of nitrogens with one attached hydrogen (secondary N) is 2. The zero-order chi connectivity index (χ0) is 39.1. The average Bonchev–Trinajstić information content (AvgIpc) is 4.01. The van der Waals surface area contributed by atoms with Gasteiger partial charge in [-0.1, -0.05) is 64.1 Å². The van der Waals surface area contributed by atoms with Crippen LogP contribution in [0.25, 0.3) is 11.3 Å². The quantitative estimate of drug-likeness (QED) is 0.0723. The van der Waals surface area contributed by atoms with Crippen LogP contribution in [0, 0.1) is 11.8 Å². The van der Waals surface area contributed by atoms with Crippen LogP contribution in [0.3, 0.4) is 0 Å². The monoisotopic (exact) mass is 889 g/mol. The summed E-state index contributed by atoms with van der Waals surface area (Å²) >= 11 is 0. The van der Waals surface area contributed by atoms with Crippen LogP contribution in [-0.4, -0.2) is 95.2 Å². The second kappa shape index (κ2) is 24.0. The van der Waals surface area contributed by atoms with Crippen LogP contribution in [0.4, 0.5) is 10.5 Å². The first-order chi connectivity index (χ1) is 26.6. The number of hydrogen-bond donors (Lipinski definition) is 2. The number of aliphatic imine (C=N–C) groups is 2. The van der Waals surface area contributed by atoms with Gasteiger partial charge in [-0.15, -0.1) is 0 Å². The van der Waals surface area contributed by atoms with E-state index in [4.69, 9.17) is 19.6 Å². The van der Waals surface area contributed by atoms with Gasteiger partial charge < -0.3 is 29.7 Å². The second-order valence-electron chi connectivity index (χ2n) is 15.4. The van der Waals surface area contributed by atoms with Crippen molar-refractivity contribution in [1.82, 2.24) is 25.1 Å². The third kappa shape index (κ3) is 12.5. The number of rotatable bonds is 15. The minimum absolute atomic E-state index is 0. The molecule has 1 aromatic heterocycles. The smallest absolute Gasteiger partial charge is 0.407 e. The van der Waals surface area contributed by atoms with E-state index in [-0.39, 0.29) is 89.7 Å². The second-order valence-corrected chi connectivity index (χ2v) is 15.4. The molecule has 3 aromatic rings. The lowest BCUT2D eigenvalue weighted by Gasteiger charge is -2.30. The molecule has 0 aliphatic carbocycles. The van der Waals surface area contributed by atoms with Crippen molar-refractivity contribution in [3.8, 4) is 11.3 Å². The van der Waals surface area contributed by atoms with Crippen LogP contribution in [0.5, 0.6) is 0 Å². The van der Waals surface area contributed by atoms with Gasteiger partial charge in [-0.05, 0) is 85.1 Å². The number of carbonyl (C=O) groups excluding carboxylic acids is 3. The Morgan fingerprint density at radius 2 is 1.53 bits per heavy atom. The first-order valence-electron chi connectivity index (χ1n) is 19.6. The summed E-state index contributed by atoms with van der Waals surface area (Å²) < 4.78 is 4.78. The highest BCUT2D eigenvalue weighted by Gasteiger charge is 2.39. The van der Waals surface area contributed by atoms with Crippen molar-refractivity contribution < 1.29 is 28.9 Å². The summed E-state index contributed by atoms with van der Waals surface area (Å²) in [6.45, 7) is 9.12. The lowest BCUT2D eigenvalue weighted by Crippen LogP contribution is -2.53. The van der Waals surface area contributed by atoms with E-state index in [0.29, 0.717) is 13.1 Å². The van der Waals surface area contributed by atoms with E-state index in [1.54, 1.807) is 0 Å². The number of likely N-dealkylation sites (tertiary alicyclic amines) is 2. The van der Waals surface area contributed by atoms with E-state index in [0.717, 1.165) is 79.8 Å². The van der Waals surface area contributed by atoms with Crippen LogP contribution >= 0.6 is 54.0 Å². The van der Waals surface area contributed by atoms with Crippen molar-refractivity contribution in [2.45, 2.75) is 103 Å². The van der Waals surface area contributed by atoms with Gasteiger partial charge in [0.2, 0.25) is 18.2 Å². The number of alkyl carbamates (subject to hydrolysis) is 1. The van der Waals surface area contributed by atoms with Crippen LogP contribution < -0.4 is 5.32 Å². The molecule has 0 radical (unpaired) electrons. The van der Waals surface area contributed by atoms with Crippen LogP contribution in [0.1, 0.15) is 88.4 Å². The summed E-state index contributed by atoms with van der Waals surface area (Å²) in [6, 6.07) is 13.8. The van der Waals surface area contributed by atoms with Gasteiger partial charge in [0.05, 0.1) is 43.9 Å². The molecule has 6 rings (SSSR count). The molecule has 4 heterocycles. The molecule has 2 aromatic carbocycles. The molecule has 17 heteroatoms. The fourth-order valence-corrected chi connectivity index (χ4v) is 7.99. The van der Waals surface area contributed by atoms with Crippen molar-refractivity contribution in [3.05, 3.63) is 71.2 Å². The van der Waals surface area contributed by atoms with Crippen molar-refractivity contribution in [1.29, 1.82) is 0 Å². The molecule has 0 saturated carbocycles. The number of amides is 3. The van der Waals surface area contributed by atoms with Crippen molar-refractivity contribution in [3.63, 3.8) is 0 Å². The Balaban J connectivity index is 0.00000300. The van der Waals surface area contributed by atoms with Crippen molar-refractivity contribution in [2.24, 2.45) is 21.8 Å². The predicted molar refractivity (Wildman–Crippen MR) is 253 cm³/mol. The summed E-state index contributed by atoms with van der Waals surface area (Å²) in [4.78, 5) is 69.8. The fourth-order valence-electron chi connectivity index (χ4n) is 7.99. The zero-order valence-corrected chi connectivity index (χ0v) is 38.9. The maximum Gasteiger partial charge on any atom is 0.407 e. The van der Waals surface area contributed by atoms with Gasteiger partial charge in [0, 0.05) is 25.2 Å². The third-order valence-corrected chi connectivity index (χ3v) is 11.0. The molecule has 326 valence electrons. The first-order valence-corrected chi connectivity index (χ1v) is 19.6. The number of aryl methyl sites for hydroxylation is 2. The fraction of sp³-hybridized carbons (Fsp3) is 0.524. The Morgan fingerprint density at radius 1 is 0.881 bits per heavy atom. The SMILES string of the molecule is COOC=N[C@H](C(=O)N1CCCC1c1ncc(-c2ccc(CCCc3ccc4c(c3)N=C([C@@H]3CCCN3C(=O)[C@@H](NC(=O)OC)C(C)C)C4)cc2)[nH]1)C(C)C.S.S.S.S. The standard InChI is InChI=1S/C42H55N7O6.4H2S/c1-26(2)37(44-25-55-54-6)40(50)49-21-9-13-36(49)39-43-24-34(46-39)30-17-14-28(15-18-30)10-7-11-29-16-19-31-23-33(45-32(31)22-29)35-12-8-20-48(35)41(51)38(27(3)4)47-42(52)53-5;;;;/h14-19,22,24-27,35-38H,7-13,20-21,23H2,1-6H3,(H,43,46)(H,47,52);4*1H2/t35-,36?,37-,38-;;;;/m0..../s1. The number of benzene rings is 2. The molecule has 2 saturated heterocycles. The number of fused-ring (bicyclic) bond motifs is 1. The Morgan fingerprint density at radius 3 is 2.17 bits per heavy atom. The molecule has 3 aliphatic rings. The lowest BCUT2D eigenvalue weighted by atomic mass is 9.98. The number of H-pyrrole nitrogens is 1. The minimum Gasteiger partial charge on any atom is -0.453 e. The van der Waals surface area contributed by atoms with E-state index in [9.17, 15) is 14.4 Å². The average molecular weight is 890 g/mol. The number of carbonyl (C=O) groups is 3. The zero-order valence-electron chi connectivity index (χ0n) is 34.9. The molecule has 4 atom stereocenters. The van der Waals surface area contributed by atoms with Gasteiger partial charge in [-0.2, -0.15) is 58.9 Å². The van der Waals surface area contributed by atoms with Gasteiger partial charge in [-0.25, -0.2) is 14.8 Å². The topological polar surface area (TPSA) is 151 Å². The predicted octanol–water partition coefficient (Wildman–Crippen LogP) is 7.00. The molecule has 3 amide bonds. The minimum atomic E-state index is -0.641. The number of aromatic amines is 1. The summed E-state index contributed by atoms with van der Waals surface area (Å²) in [5, 5.41) is 2.73. The highest BCUT2D eigenvalue weighted by atomic mass is 32.1. The van der Waals surface area contributed by atoms with E-state index >= 15 is 0 Å². The summed E-state index contributed by atoms with van der Waals surface area (Å²) in [6.07, 6.45) is 9.60. The Bertz CT molecular complexity index is 1890. The van der Waals surface area contributed by atoms with E-state index in [2.05, 4.69) is 62.6 Å². The van der Waals surface area contributed by atoms with Crippen molar-refractivity contribution >= 4 is 89.7 Å². The highest BCUT2D eigenvalue weighted by Crippen LogP contribution is 2.35. The van der Waals surface area contributed by atoms with Crippen LogP contribution in [0.15, 0.2) is 58.6 Å². The molecule has 0 spiro atoms. The number of hydrogen-bond acceptors (Lipinski definition) is 9. The molecule has 59 heavy (non-hydrogen) atoms. The normalized spacial score (nSPS) is 17.9. The Kier molecular flexibility index (Phi) is 20.9. The third-order valence-electron chi connectivity index (χ3n) is 11.0. The van der Waals surface area contributed by atoms with E-state index in [1.165, 1.54) is 37.3 Å². The Hall–Kier alpha value is -3.64. The molecular formula is C42H63N7O6S4. The molecular weight excluding hydrogens is 827 g/mol. The van der Waals surface area contributed by atoms with Gasteiger partial charge in [-0.3, -0.25) is 14.6 Å². The number of aromatic nitrogens is 2. The number of nitrogens with zero attached hydrogens (tertiary/aromatic N) is 5. The van der Waals surface area contributed by atoms with Crippen LogP contribution in [0.2, 0.25) is 0 Å². The summed E-state index contributed by atoms with van der Waals surface area (Å²) in [5.74, 6) is 0.608. The van der Waals surface area contributed by atoms with Gasteiger partial charge in [0.25, 0.3) is 0 Å². The van der Waals surface area contributed by atoms with Crippen molar-refractivity contribution in [2.75, 3.05) is 27.3 Å². The molecule has 2 N–H and O–H groups in total. The van der Waals surface area contributed by atoms with Gasteiger partial charge in [0.1, 0.15) is 17.9 Å². The molecule has 2 fully saturated rings. The maximum atomic E-state index is 13.6. The molecule has 0 bridgehead atoms. The number of ether oxygens (including phenoxy) is 1. The molecule has 1 unspecified atom stereocenters. The highest BCUT2D eigenvalue weighted by molar-refractivity contribution is 7.59. The summed E-state index contributed by atoms with van der Waals surface area (Å²) in [7, 11) is 2.71. The van der Waals surface area contributed by atoms with Crippen LogP contribution in [-0.2, 0) is 43.4 Å². The maximum absolute atomic E-state index is 13.6. The lowest BCUT2D eigenvalue weighted by molar-refractivity contribution is -0.188. The first kappa shape index (κ1) is 51.5. The van der Waals surface area contributed by atoms with Gasteiger partial charge in [0.15, 0.2) is 0 Å². The molecule has 13 nitrogen and oxygen atoms in total. The number of imidazole rings is 1. The Labute approximate surface area is 376 Å². The molecule has 3 aliphatic heterocycles. The summed E-state index contributed by atoms with van der Waals surface area (Å²) in [5.41, 5.74) is 7.71. The largest absolute Gasteiger partial charge is 0.453 e. The number of methoxy groups -OCH3 is 1.